The van der Waals surface area contributed by atoms with E-state index in [0.29, 0.717) is 17.8 Å². The fourth-order valence-corrected chi connectivity index (χ4v) is 2.41. The van der Waals surface area contributed by atoms with E-state index in [4.69, 9.17) is 12.2 Å². The lowest BCUT2D eigenvalue weighted by molar-refractivity contribution is -0.115. The Morgan fingerprint density at radius 3 is 2.46 bits per heavy atom. The van der Waals surface area contributed by atoms with Crippen LogP contribution in [0.4, 0.5) is 5.69 Å². The number of hydrogen-bond donors (Lipinski definition) is 3. The Morgan fingerprint density at radius 2 is 1.77 bits per heavy atom. The average Bonchev–Trinajstić information content (AvgIpc) is 2.62. The van der Waals surface area contributed by atoms with E-state index in [2.05, 4.69) is 16.0 Å². The predicted octanol–water partition coefficient (Wildman–Crippen LogP) is 3.27. The van der Waals surface area contributed by atoms with Crippen molar-refractivity contribution in [3.8, 4) is 0 Å². The Labute approximate surface area is 158 Å². The molecule has 0 aromatic heterocycles. The van der Waals surface area contributed by atoms with Gasteiger partial charge < -0.3 is 10.6 Å². The van der Waals surface area contributed by atoms with Crippen LogP contribution >= 0.6 is 12.2 Å². The fraction of sp³-hybridized carbons (Fsp3) is 0.150. The summed E-state index contributed by atoms with van der Waals surface area (Å²) in [6.45, 7) is 4.38. The highest BCUT2D eigenvalue weighted by Gasteiger charge is 2.11. The maximum atomic E-state index is 12.1. The van der Waals surface area contributed by atoms with Crippen LogP contribution in [0, 0.1) is 6.92 Å². The summed E-state index contributed by atoms with van der Waals surface area (Å²) in [6, 6.07) is 14.8. The van der Waals surface area contributed by atoms with E-state index in [9.17, 15) is 9.59 Å². The maximum absolute atomic E-state index is 12.1. The molecule has 2 amide bonds. The first kappa shape index (κ1) is 19.3. The van der Waals surface area contributed by atoms with E-state index in [1.165, 1.54) is 6.08 Å². The zero-order valence-corrected chi connectivity index (χ0v) is 15.5. The zero-order chi connectivity index (χ0) is 18.9. The number of para-hydroxylation sites is 1. The molecule has 2 aromatic carbocycles. The number of anilines is 1. The van der Waals surface area contributed by atoms with Gasteiger partial charge in [-0.1, -0.05) is 42.0 Å². The highest BCUT2D eigenvalue weighted by atomic mass is 32.1. The summed E-state index contributed by atoms with van der Waals surface area (Å²) in [7, 11) is 0. The predicted molar refractivity (Wildman–Crippen MR) is 109 cm³/mol. The van der Waals surface area contributed by atoms with Gasteiger partial charge in [0.1, 0.15) is 0 Å². The molecule has 0 fully saturated rings. The third-order valence-corrected chi connectivity index (χ3v) is 3.70. The van der Waals surface area contributed by atoms with E-state index >= 15 is 0 Å². The van der Waals surface area contributed by atoms with Crippen molar-refractivity contribution in [1.82, 2.24) is 10.6 Å². The Kier molecular flexibility index (Phi) is 7.05. The summed E-state index contributed by atoms with van der Waals surface area (Å²) in [4.78, 5) is 24.1. The number of amides is 2. The second kappa shape index (κ2) is 9.48. The monoisotopic (exact) mass is 367 g/mol. The molecule has 0 bridgehead atoms. The molecule has 3 N–H and O–H groups in total. The van der Waals surface area contributed by atoms with Crippen LogP contribution in [0.15, 0.2) is 54.6 Å². The lowest BCUT2D eigenvalue weighted by atomic mass is 10.1. The summed E-state index contributed by atoms with van der Waals surface area (Å²) in [6.07, 6.45) is 3.12. The van der Waals surface area contributed by atoms with Gasteiger partial charge in [-0.05, 0) is 49.8 Å². The average molecular weight is 367 g/mol. The van der Waals surface area contributed by atoms with Gasteiger partial charge in [0.25, 0.3) is 5.91 Å². The van der Waals surface area contributed by atoms with Crippen molar-refractivity contribution in [2.24, 2.45) is 0 Å². The highest BCUT2D eigenvalue weighted by Crippen LogP contribution is 2.14. The van der Waals surface area contributed by atoms with Gasteiger partial charge in [0.05, 0.1) is 11.3 Å². The summed E-state index contributed by atoms with van der Waals surface area (Å²) < 4.78 is 0. The minimum atomic E-state index is -0.349. The van der Waals surface area contributed by atoms with Crippen molar-refractivity contribution in [1.29, 1.82) is 0 Å². The third-order valence-electron chi connectivity index (χ3n) is 3.50. The molecule has 0 saturated carbocycles. The minimum Gasteiger partial charge on any atom is -0.352 e. The number of thiocarbonyl (C=S) groups is 1. The number of carbonyl (C=O) groups excluding carboxylic acids is 2. The van der Waals surface area contributed by atoms with Crippen molar-refractivity contribution in [2.75, 3.05) is 11.9 Å². The molecule has 2 rings (SSSR count). The third kappa shape index (κ3) is 5.82. The first-order chi connectivity index (χ1) is 12.5. The molecule has 6 heteroatoms. The Bertz CT molecular complexity index is 829. The molecule has 0 aliphatic heterocycles. The summed E-state index contributed by atoms with van der Waals surface area (Å²) in [5, 5.41) is 8.33. The van der Waals surface area contributed by atoms with Gasteiger partial charge in [0.15, 0.2) is 5.11 Å². The second-order valence-corrected chi connectivity index (χ2v) is 6.00. The van der Waals surface area contributed by atoms with Crippen LogP contribution in [0.2, 0.25) is 0 Å². The fourth-order valence-electron chi connectivity index (χ4n) is 2.20. The number of carbonyl (C=O) groups is 2. The zero-order valence-electron chi connectivity index (χ0n) is 14.7. The van der Waals surface area contributed by atoms with Gasteiger partial charge in [0, 0.05) is 12.6 Å². The summed E-state index contributed by atoms with van der Waals surface area (Å²) in [5.74, 6) is -0.553. The van der Waals surface area contributed by atoms with Crippen LogP contribution in [-0.2, 0) is 4.79 Å². The van der Waals surface area contributed by atoms with Crippen molar-refractivity contribution < 1.29 is 9.59 Å². The summed E-state index contributed by atoms with van der Waals surface area (Å²) in [5.41, 5.74) is 3.07. The van der Waals surface area contributed by atoms with E-state index in [1.54, 1.807) is 30.3 Å². The van der Waals surface area contributed by atoms with E-state index < -0.39 is 0 Å². The normalized spacial score (nSPS) is 10.4. The quantitative estimate of drug-likeness (QED) is 0.560. The molecule has 0 aliphatic rings. The second-order valence-electron chi connectivity index (χ2n) is 5.59. The van der Waals surface area contributed by atoms with Crippen LogP contribution in [-0.4, -0.2) is 23.5 Å². The lowest BCUT2D eigenvalue weighted by Gasteiger charge is -2.12. The Morgan fingerprint density at radius 1 is 1.08 bits per heavy atom. The Hall–Kier alpha value is -2.99. The molecule has 0 spiro atoms. The number of hydrogen-bond acceptors (Lipinski definition) is 3. The highest BCUT2D eigenvalue weighted by molar-refractivity contribution is 7.80. The molecular weight excluding hydrogens is 346 g/mol. The molecule has 2 aromatic rings. The lowest BCUT2D eigenvalue weighted by Crippen LogP contribution is -2.34. The van der Waals surface area contributed by atoms with Gasteiger partial charge in [-0.3, -0.25) is 14.9 Å². The maximum Gasteiger partial charge on any atom is 0.253 e. The van der Waals surface area contributed by atoms with E-state index in [1.807, 2.05) is 38.1 Å². The molecule has 134 valence electrons. The number of nitrogens with one attached hydrogen (secondary N) is 3. The first-order valence-electron chi connectivity index (χ1n) is 8.23. The molecule has 26 heavy (non-hydrogen) atoms. The molecule has 0 atom stereocenters. The van der Waals surface area contributed by atoms with Crippen molar-refractivity contribution in [3.63, 3.8) is 0 Å². The smallest absolute Gasteiger partial charge is 0.253 e. The topological polar surface area (TPSA) is 70.2 Å². The van der Waals surface area contributed by atoms with Crippen LogP contribution in [0.1, 0.15) is 28.4 Å². The molecule has 0 saturated heterocycles. The van der Waals surface area contributed by atoms with Crippen molar-refractivity contribution in [3.05, 3.63) is 71.3 Å². The Balaban J connectivity index is 1.97. The van der Waals surface area contributed by atoms with Crippen molar-refractivity contribution in [2.45, 2.75) is 13.8 Å². The molecule has 0 radical (unpaired) electrons. The number of aryl methyl sites for hydroxylation is 1. The van der Waals surface area contributed by atoms with Gasteiger partial charge in [-0.15, -0.1) is 0 Å². The van der Waals surface area contributed by atoms with Gasteiger partial charge in [-0.25, -0.2) is 0 Å². The first-order valence-corrected chi connectivity index (χ1v) is 8.64. The summed E-state index contributed by atoms with van der Waals surface area (Å²) >= 11 is 5.16. The van der Waals surface area contributed by atoms with E-state index in [-0.39, 0.29) is 16.9 Å². The van der Waals surface area contributed by atoms with Crippen LogP contribution in [0.3, 0.4) is 0 Å². The van der Waals surface area contributed by atoms with Crippen molar-refractivity contribution >= 4 is 40.9 Å². The molecule has 0 aliphatic carbocycles. The molecule has 5 nitrogen and oxygen atoms in total. The van der Waals surface area contributed by atoms with Gasteiger partial charge in [-0.2, -0.15) is 0 Å². The van der Waals surface area contributed by atoms with E-state index in [0.717, 1.165) is 11.1 Å². The van der Waals surface area contributed by atoms with Crippen LogP contribution in [0.5, 0.6) is 0 Å². The van der Waals surface area contributed by atoms with Crippen LogP contribution in [0.25, 0.3) is 6.08 Å². The standard InChI is InChI=1S/C20H21N3O2S/c1-3-21-19(25)16-6-4-5-7-17(16)22-20(26)23-18(24)13-12-15-10-8-14(2)9-11-15/h4-13H,3H2,1-2H3,(H,21,25)(H2,22,23,24,26). The molecule has 0 heterocycles. The number of benzene rings is 2. The van der Waals surface area contributed by atoms with Gasteiger partial charge >= 0.3 is 0 Å². The largest absolute Gasteiger partial charge is 0.352 e. The minimum absolute atomic E-state index is 0.125. The molecule has 0 unspecified atom stereocenters. The van der Waals surface area contributed by atoms with Crippen LogP contribution < -0.4 is 16.0 Å². The van der Waals surface area contributed by atoms with Gasteiger partial charge in [0.2, 0.25) is 5.91 Å². The SMILES string of the molecule is CCNC(=O)c1ccccc1NC(=S)NC(=O)C=Cc1ccc(C)cc1. The molecular formula is C20H21N3O2S. The number of rotatable bonds is 5.